The van der Waals surface area contributed by atoms with E-state index < -0.39 is 5.92 Å². The third kappa shape index (κ3) is 5.55. The third-order valence-electron chi connectivity index (χ3n) is 5.59. The highest BCUT2D eigenvalue weighted by atomic mass is 16.5. The summed E-state index contributed by atoms with van der Waals surface area (Å²) in [6.07, 6.45) is 2.01. The van der Waals surface area contributed by atoms with Crippen LogP contribution in [0.15, 0.2) is 46.8 Å². The Kier molecular flexibility index (Phi) is 8.85. The summed E-state index contributed by atoms with van der Waals surface area (Å²) in [5.74, 6) is 0.284. The number of nitrogens with zero attached hydrogens (tertiary/aromatic N) is 1. The van der Waals surface area contributed by atoms with E-state index in [2.05, 4.69) is 25.2 Å². The minimum absolute atomic E-state index is 0.0154. The van der Waals surface area contributed by atoms with Crippen LogP contribution < -0.4 is 15.8 Å². The van der Waals surface area contributed by atoms with Gasteiger partial charge in [0.05, 0.1) is 43.6 Å². The number of dihydropyridines is 1. The lowest BCUT2D eigenvalue weighted by atomic mass is 9.77. The Morgan fingerprint density at radius 1 is 1.29 bits per heavy atom. The van der Waals surface area contributed by atoms with Crippen LogP contribution in [0.1, 0.15) is 58.4 Å². The minimum Gasteiger partial charge on any atom is -0.496 e. The summed E-state index contributed by atoms with van der Waals surface area (Å²) >= 11 is 0. The number of Topliss-reactive ketones (excluding diaryl/α,β-unsaturated/α-hetero) is 1. The molecule has 0 amide bonds. The van der Waals surface area contributed by atoms with Gasteiger partial charge in [-0.2, -0.15) is 5.26 Å². The molecule has 1 atom stereocenters. The first kappa shape index (κ1) is 24.6. The molecule has 1 unspecified atom stereocenters. The van der Waals surface area contributed by atoms with Crippen LogP contribution in [0.4, 0.5) is 0 Å². The lowest BCUT2D eigenvalue weighted by Crippen LogP contribution is -2.32. The van der Waals surface area contributed by atoms with Gasteiger partial charge in [0.1, 0.15) is 5.75 Å². The molecule has 0 saturated heterocycles. The molecule has 0 fully saturated rings. The molecule has 31 heavy (non-hydrogen) atoms. The molecular formula is C25H35N3O3. The highest BCUT2D eigenvalue weighted by molar-refractivity contribution is 5.99. The highest BCUT2D eigenvalue weighted by Gasteiger charge is 2.40. The van der Waals surface area contributed by atoms with Gasteiger partial charge in [-0.3, -0.25) is 4.79 Å². The molecule has 0 saturated carbocycles. The lowest BCUT2D eigenvalue weighted by molar-refractivity contribution is -0.116. The van der Waals surface area contributed by atoms with Crippen molar-refractivity contribution in [2.75, 3.05) is 26.9 Å². The van der Waals surface area contributed by atoms with Gasteiger partial charge in [-0.15, -0.1) is 0 Å². The van der Waals surface area contributed by atoms with Crippen LogP contribution in [0.5, 0.6) is 5.75 Å². The summed E-state index contributed by atoms with van der Waals surface area (Å²) in [7, 11) is 1.61. The molecule has 0 radical (unpaired) electrons. The number of carbonyl (C=O) groups is 1. The lowest BCUT2D eigenvalue weighted by Gasteiger charge is -2.33. The number of methoxy groups -OCH3 is 1. The Morgan fingerprint density at radius 2 is 2.00 bits per heavy atom. The number of ketones is 1. The Labute approximate surface area is 186 Å². The number of para-hydroxylation sites is 1. The van der Waals surface area contributed by atoms with Gasteiger partial charge >= 0.3 is 0 Å². The van der Waals surface area contributed by atoms with Crippen molar-refractivity contribution < 1.29 is 14.3 Å². The van der Waals surface area contributed by atoms with E-state index in [0.717, 1.165) is 24.1 Å². The number of nitriles is 1. The van der Waals surface area contributed by atoms with Crippen LogP contribution in [-0.4, -0.2) is 32.7 Å². The molecule has 0 bridgehead atoms. The van der Waals surface area contributed by atoms with E-state index in [4.69, 9.17) is 15.2 Å². The quantitative estimate of drug-likeness (QED) is 0.663. The number of hydrogen-bond acceptors (Lipinski definition) is 6. The van der Waals surface area contributed by atoms with Crippen molar-refractivity contribution in [1.29, 1.82) is 5.26 Å². The number of nitrogens with two attached hydrogens (primary N) is 1. The Hall–Kier alpha value is -2.62. The van der Waals surface area contributed by atoms with Crippen molar-refractivity contribution >= 4 is 5.78 Å². The van der Waals surface area contributed by atoms with Crippen LogP contribution in [0, 0.1) is 16.7 Å². The van der Waals surface area contributed by atoms with Crippen molar-refractivity contribution in [3.8, 4) is 11.8 Å². The summed E-state index contributed by atoms with van der Waals surface area (Å²) < 4.78 is 11.2. The monoisotopic (exact) mass is 425 g/mol. The third-order valence-corrected chi connectivity index (χ3v) is 5.59. The van der Waals surface area contributed by atoms with Crippen LogP contribution in [-0.2, 0) is 9.53 Å². The second kappa shape index (κ2) is 11.1. The minimum atomic E-state index is -0.467. The van der Waals surface area contributed by atoms with Gasteiger partial charge in [-0.25, -0.2) is 0 Å². The normalized spacial score (nSPS) is 20.0. The largest absolute Gasteiger partial charge is 0.496 e. The summed E-state index contributed by atoms with van der Waals surface area (Å²) in [6, 6.07) is 9.93. The van der Waals surface area contributed by atoms with Crippen molar-refractivity contribution in [2.24, 2.45) is 11.1 Å². The molecule has 2 aliphatic rings. The van der Waals surface area contributed by atoms with Gasteiger partial charge in [0.2, 0.25) is 0 Å². The fourth-order valence-corrected chi connectivity index (χ4v) is 4.15. The van der Waals surface area contributed by atoms with E-state index in [-0.39, 0.29) is 17.8 Å². The second-order valence-corrected chi connectivity index (χ2v) is 8.30. The topological polar surface area (TPSA) is 97.4 Å². The molecule has 6 heteroatoms. The number of hydrogen-bond donors (Lipinski definition) is 2. The standard InChI is InChI=1S/C23H29N3O3.C2H6/c1-23(2)9-8-19(27)22-17(12-23)26-18(14-29-11-10-24)16(13-25)21(22)15-6-4-5-7-20(15)28-3;1-2/h4-7,21,26H,8-12,14,24H2,1-3H3;1-2H3. The maximum atomic E-state index is 13.2. The fourth-order valence-electron chi connectivity index (χ4n) is 4.15. The zero-order valence-corrected chi connectivity index (χ0v) is 19.4. The average Bonchev–Trinajstić information content (AvgIpc) is 2.89. The number of carbonyl (C=O) groups excluding carboxylic acids is 1. The first-order valence-electron chi connectivity index (χ1n) is 11.0. The van der Waals surface area contributed by atoms with E-state index in [9.17, 15) is 10.1 Å². The second-order valence-electron chi connectivity index (χ2n) is 8.30. The van der Waals surface area contributed by atoms with Gasteiger partial charge in [0.25, 0.3) is 0 Å². The highest BCUT2D eigenvalue weighted by Crippen LogP contribution is 2.46. The molecule has 6 nitrogen and oxygen atoms in total. The summed E-state index contributed by atoms with van der Waals surface area (Å²) in [5.41, 5.74) is 9.12. The maximum absolute atomic E-state index is 13.2. The fraction of sp³-hybridized carbons (Fsp3) is 0.520. The molecule has 1 heterocycles. The van der Waals surface area contributed by atoms with Crippen molar-refractivity contribution in [2.45, 2.75) is 52.9 Å². The molecule has 3 N–H and O–H groups in total. The first-order valence-corrected chi connectivity index (χ1v) is 11.0. The smallest absolute Gasteiger partial charge is 0.161 e. The molecule has 3 rings (SSSR count). The summed E-state index contributed by atoms with van der Waals surface area (Å²) in [6.45, 7) is 9.40. The number of ether oxygens (including phenoxy) is 2. The van der Waals surface area contributed by atoms with Crippen LogP contribution in [0.3, 0.4) is 0 Å². The average molecular weight is 426 g/mol. The van der Waals surface area contributed by atoms with E-state index in [1.165, 1.54) is 0 Å². The van der Waals surface area contributed by atoms with Crippen LogP contribution in [0.25, 0.3) is 0 Å². The Balaban J connectivity index is 0.00000166. The number of benzene rings is 1. The van der Waals surface area contributed by atoms with Gasteiger partial charge in [-0.1, -0.05) is 45.9 Å². The van der Waals surface area contributed by atoms with Gasteiger partial charge in [-0.05, 0) is 24.3 Å². The van der Waals surface area contributed by atoms with Crippen molar-refractivity contribution in [3.63, 3.8) is 0 Å². The molecule has 1 aromatic rings. The zero-order chi connectivity index (χ0) is 23.0. The molecule has 168 valence electrons. The van der Waals surface area contributed by atoms with E-state index in [0.29, 0.717) is 42.2 Å². The van der Waals surface area contributed by atoms with E-state index in [1.54, 1.807) is 7.11 Å². The van der Waals surface area contributed by atoms with Gasteiger partial charge in [0.15, 0.2) is 5.78 Å². The summed E-state index contributed by atoms with van der Waals surface area (Å²) in [4.78, 5) is 13.2. The van der Waals surface area contributed by atoms with Crippen molar-refractivity contribution in [1.82, 2.24) is 5.32 Å². The Bertz CT molecular complexity index is 894. The van der Waals surface area contributed by atoms with Gasteiger partial charge in [0, 0.05) is 29.8 Å². The predicted octanol–water partition coefficient (Wildman–Crippen LogP) is 4.19. The van der Waals surface area contributed by atoms with Crippen molar-refractivity contribution in [3.05, 3.63) is 52.4 Å². The SMILES string of the molecule is CC.COc1ccccc1C1C(C#N)=C(COCCN)NC2=C1C(=O)CCC(C)(C)C2. The van der Waals surface area contributed by atoms with Gasteiger partial charge < -0.3 is 20.5 Å². The molecule has 1 aromatic carbocycles. The number of rotatable bonds is 6. The Morgan fingerprint density at radius 3 is 2.65 bits per heavy atom. The summed E-state index contributed by atoms with van der Waals surface area (Å²) in [5, 5.41) is 13.4. The molecular weight excluding hydrogens is 390 g/mol. The predicted molar refractivity (Wildman–Crippen MR) is 122 cm³/mol. The van der Waals surface area contributed by atoms with E-state index in [1.807, 2.05) is 38.1 Å². The molecule has 0 spiro atoms. The molecule has 1 aliphatic heterocycles. The molecule has 0 aromatic heterocycles. The number of allylic oxidation sites excluding steroid dienone is 3. The molecule has 1 aliphatic carbocycles. The zero-order valence-electron chi connectivity index (χ0n) is 19.4. The van der Waals surface area contributed by atoms with Crippen LogP contribution in [0.2, 0.25) is 0 Å². The van der Waals surface area contributed by atoms with Crippen LogP contribution >= 0.6 is 0 Å². The number of nitrogens with one attached hydrogen (secondary N) is 1. The van der Waals surface area contributed by atoms with E-state index >= 15 is 0 Å². The maximum Gasteiger partial charge on any atom is 0.161 e. The first-order chi connectivity index (χ1) is 14.9.